The summed E-state index contributed by atoms with van der Waals surface area (Å²) in [4.78, 5) is 45.9. The van der Waals surface area contributed by atoms with Crippen molar-refractivity contribution in [3.63, 3.8) is 0 Å². The van der Waals surface area contributed by atoms with Gasteiger partial charge < -0.3 is 14.2 Å². The van der Waals surface area contributed by atoms with Crippen LogP contribution >= 0.6 is 11.8 Å². The lowest BCUT2D eigenvalue weighted by Crippen LogP contribution is -2.55. The highest BCUT2D eigenvalue weighted by atomic mass is 32.2. The fraction of sp³-hybridized carbons (Fsp3) is 0.792. The van der Waals surface area contributed by atoms with Crippen LogP contribution in [0.3, 0.4) is 0 Å². The Balaban J connectivity index is 1.41. The Bertz CT molecular complexity index is 902. The van der Waals surface area contributed by atoms with Crippen LogP contribution in [0.15, 0.2) is 11.5 Å². The molecule has 0 bridgehead atoms. The van der Waals surface area contributed by atoms with E-state index in [2.05, 4.69) is 20.1 Å². The molecule has 2 saturated heterocycles. The van der Waals surface area contributed by atoms with Crippen molar-refractivity contribution in [2.45, 2.75) is 68.4 Å². The Morgan fingerprint density at radius 2 is 1.78 bits per heavy atom. The molecule has 2 unspecified atom stereocenters. The van der Waals surface area contributed by atoms with Gasteiger partial charge >= 0.3 is 18.0 Å². The largest absolute Gasteiger partial charge is 0.465 e. The number of ether oxygens (including phenoxy) is 3. The summed E-state index contributed by atoms with van der Waals surface area (Å²) in [6, 6.07) is -0.879. The van der Waals surface area contributed by atoms with Crippen molar-refractivity contribution in [1.82, 2.24) is 25.0 Å². The Hall–Kier alpha value is -2.34. The van der Waals surface area contributed by atoms with Crippen molar-refractivity contribution in [2.75, 3.05) is 40.0 Å². The molecule has 1 saturated carbocycles. The van der Waals surface area contributed by atoms with Crippen LogP contribution in [0.25, 0.3) is 0 Å². The van der Waals surface area contributed by atoms with Gasteiger partial charge in [-0.25, -0.2) is 14.6 Å². The number of likely N-dealkylation sites (tertiary alicyclic amines) is 2. The monoisotopic (exact) mass is 523 g/mol. The van der Waals surface area contributed by atoms with E-state index >= 15 is 0 Å². The van der Waals surface area contributed by atoms with Gasteiger partial charge in [-0.3, -0.25) is 19.7 Å². The quantitative estimate of drug-likeness (QED) is 0.401. The van der Waals surface area contributed by atoms with E-state index in [4.69, 9.17) is 14.2 Å². The molecule has 2 aliphatic heterocycles. The van der Waals surface area contributed by atoms with E-state index in [1.54, 1.807) is 23.6 Å². The van der Waals surface area contributed by atoms with Crippen molar-refractivity contribution in [1.29, 1.82) is 0 Å². The summed E-state index contributed by atoms with van der Waals surface area (Å²) in [5.74, 6) is 0.533. The minimum absolute atomic E-state index is 0.166. The highest BCUT2D eigenvalue weighted by molar-refractivity contribution is 7.99. The average molecular weight is 524 g/mol. The fourth-order valence-corrected chi connectivity index (χ4v) is 7.14. The number of carbonyl (C=O) groups is 3. The van der Waals surface area contributed by atoms with Gasteiger partial charge in [-0.15, -0.1) is 0 Å². The van der Waals surface area contributed by atoms with Crippen LogP contribution in [0, 0.1) is 17.8 Å². The predicted molar refractivity (Wildman–Crippen MR) is 131 cm³/mol. The Morgan fingerprint density at radius 3 is 2.44 bits per heavy atom. The van der Waals surface area contributed by atoms with Gasteiger partial charge in [0.1, 0.15) is 18.4 Å². The van der Waals surface area contributed by atoms with Gasteiger partial charge in [-0.2, -0.15) is 5.10 Å². The zero-order valence-corrected chi connectivity index (χ0v) is 22.1. The van der Waals surface area contributed by atoms with Gasteiger partial charge in [0.25, 0.3) is 0 Å². The first-order valence-electron chi connectivity index (χ1n) is 12.9. The molecule has 12 heteroatoms. The molecule has 1 N–H and O–H groups in total. The van der Waals surface area contributed by atoms with E-state index in [-0.39, 0.29) is 29.8 Å². The number of nitrogens with one attached hydrogen (secondary N) is 1. The SMILES string of the molecule is CCOC(=O)C1CC2C[C@@H](CN3C[C@H](Sc4ncn[nH]4)C[C@H]3C(=O)OCC)CC[C@H]2CN1C(=O)OC. The number of nitrogens with zero attached hydrogens (tertiary/aromatic N) is 4. The van der Waals surface area contributed by atoms with E-state index in [0.29, 0.717) is 43.7 Å². The molecule has 0 radical (unpaired) electrons. The Kier molecular flexibility index (Phi) is 9.10. The molecule has 3 heterocycles. The smallest absolute Gasteiger partial charge is 0.410 e. The number of hydrogen-bond donors (Lipinski definition) is 1. The Morgan fingerprint density at radius 1 is 1.03 bits per heavy atom. The van der Waals surface area contributed by atoms with E-state index < -0.39 is 12.1 Å². The maximum Gasteiger partial charge on any atom is 0.410 e. The second-order valence-corrected chi connectivity index (χ2v) is 11.1. The predicted octanol–water partition coefficient (Wildman–Crippen LogP) is 2.34. The number of aromatic amines is 1. The molecule has 0 aromatic carbocycles. The first-order valence-corrected chi connectivity index (χ1v) is 13.7. The second kappa shape index (κ2) is 12.3. The zero-order valence-electron chi connectivity index (χ0n) is 21.3. The summed E-state index contributed by atoms with van der Waals surface area (Å²) in [6.45, 7) is 6.35. The van der Waals surface area contributed by atoms with Gasteiger partial charge in [0.05, 0.1) is 20.3 Å². The highest BCUT2D eigenvalue weighted by Crippen LogP contribution is 2.43. The molecule has 36 heavy (non-hydrogen) atoms. The summed E-state index contributed by atoms with van der Waals surface area (Å²) >= 11 is 1.61. The van der Waals surface area contributed by atoms with Crippen LogP contribution in [-0.2, 0) is 23.8 Å². The van der Waals surface area contributed by atoms with Crippen LogP contribution in [0.4, 0.5) is 4.79 Å². The van der Waals surface area contributed by atoms with Gasteiger partial charge in [-0.1, -0.05) is 11.8 Å². The molecule has 0 spiro atoms. The van der Waals surface area contributed by atoms with Crippen LogP contribution < -0.4 is 0 Å². The number of hydrogen-bond acceptors (Lipinski definition) is 10. The molecular weight excluding hydrogens is 486 g/mol. The number of thioether (sulfide) groups is 1. The number of aromatic nitrogens is 3. The minimum Gasteiger partial charge on any atom is -0.465 e. The summed E-state index contributed by atoms with van der Waals surface area (Å²) in [5.41, 5.74) is 0. The minimum atomic E-state index is -0.612. The highest BCUT2D eigenvalue weighted by Gasteiger charge is 2.46. The van der Waals surface area contributed by atoms with Crippen molar-refractivity contribution >= 4 is 29.8 Å². The lowest BCUT2D eigenvalue weighted by molar-refractivity contribution is -0.153. The lowest BCUT2D eigenvalue weighted by atomic mass is 9.69. The maximum atomic E-state index is 12.8. The van der Waals surface area contributed by atoms with Crippen molar-refractivity contribution in [2.24, 2.45) is 17.8 Å². The number of H-pyrrole nitrogens is 1. The van der Waals surface area contributed by atoms with E-state index in [9.17, 15) is 14.4 Å². The van der Waals surface area contributed by atoms with E-state index in [1.165, 1.54) is 13.4 Å². The molecule has 1 aliphatic carbocycles. The summed E-state index contributed by atoms with van der Waals surface area (Å²) in [5, 5.41) is 7.79. The summed E-state index contributed by atoms with van der Waals surface area (Å²) in [7, 11) is 1.34. The van der Waals surface area contributed by atoms with Crippen molar-refractivity contribution in [3.05, 3.63) is 6.33 Å². The number of methoxy groups -OCH3 is 1. The fourth-order valence-electron chi connectivity index (χ4n) is 6.07. The number of amides is 1. The zero-order chi connectivity index (χ0) is 25.7. The molecule has 6 atom stereocenters. The molecule has 4 rings (SSSR count). The van der Waals surface area contributed by atoms with E-state index in [0.717, 1.165) is 37.5 Å². The molecule has 1 aromatic heterocycles. The van der Waals surface area contributed by atoms with E-state index in [1.807, 2.05) is 6.92 Å². The molecule has 200 valence electrons. The number of esters is 2. The lowest BCUT2D eigenvalue weighted by Gasteiger charge is -2.46. The van der Waals surface area contributed by atoms with Gasteiger partial charge in [0, 0.05) is 24.9 Å². The number of carbonyl (C=O) groups excluding carboxylic acids is 3. The number of rotatable bonds is 8. The molecule has 11 nitrogen and oxygen atoms in total. The average Bonchev–Trinajstić information content (AvgIpc) is 3.53. The maximum absolute atomic E-state index is 12.8. The summed E-state index contributed by atoms with van der Waals surface area (Å²) < 4.78 is 15.6. The van der Waals surface area contributed by atoms with Gasteiger partial charge in [0.2, 0.25) is 0 Å². The normalized spacial score (nSPS) is 30.5. The van der Waals surface area contributed by atoms with Crippen LogP contribution in [-0.4, -0.2) is 100 Å². The first kappa shape index (κ1) is 26.7. The molecular formula is C24H37N5O6S. The van der Waals surface area contributed by atoms with Gasteiger partial charge in [-0.05, 0) is 63.7 Å². The van der Waals surface area contributed by atoms with Gasteiger partial charge in [0.15, 0.2) is 5.16 Å². The molecule has 1 aromatic rings. The van der Waals surface area contributed by atoms with Crippen molar-refractivity contribution < 1.29 is 28.6 Å². The van der Waals surface area contributed by atoms with Crippen LogP contribution in [0.5, 0.6) is 0 Å². The van der Waals surface area contributed by atoms with Crippen LogP contribution in [0.1, 0.15) is 46.0 Å². The second-order valence-electron chi connectivity index (χ2n) is 9.81. The third-order valence-corrected chi connectivity index (χ3v) is 8.73. The standard InChI is InChI=1S/C24H37N5O6S/c1-4-34-21(30)19-10-18(36-23-25-14-26-27-23)13-28(19)11-15-6-7-16-12-29(24(32)33-3)20(9-17(16)8-15)22(31)35-5-2/h14-20H,4-13H2,1-3H3,(H,25,26,27)/t15-,16-,17?,18+,19-,20?/m0/s1. The summed E-state index contributed by atoms with van der Waals surface area (Å²) in [6.07, 6.45) is 5.27. The molecule has 3 fully saturated rings. The molecule has 1 amide bonds. The first-order chi connectivity index (χ1) is 17.4. The van der Waals surface area contributed by atoms with Crippen molar-refractivity contribution in [3.8, 4) is 0 Å². The van der Waals surface area contributed by atoms with Crippen LogP contribution in [0.2, 0.25) is 0 Å². The Labute approximate surface area is 216 Å². The number of fused-ring (bicyclic) bond motifs is 1. The third-order valence-electron chi connectivity index (χ3n) is 7.64. The molecule has 3 aliphatic rings. The topological polar surface area (TPSA) is 127 Å². The third kappa shape index (κ3) is 6.13. The number of piperidine rings is 1.